The van der Waals surface area contributed by atoms with E-state index in [9.17, 15) is 9.90 Å². The fourth-order valence-electron chi connectivity index (χ4n) is 2.43. The van der Waals surface area contributed by atoms with Crippen LogP contribution in [0.5, 0.6) is 0 Å². The fraction of sp³-hybridized carbons (Fsp3) is 0.579. The Morgan fingerprint density at radius 3 is 2.68 bits per heavy atom. The first-order valence-electron chi connectivity index (χ1n) is 8.75. The lowest BCUT2D eigenvalue weighted by Crippen LogP contribution is -2.29. The molecular formula is C19H29N3O3. The molecule has 1 aromatic carbocycles. The maximum atomic E-state index is 11.8. The van der Waals surface area contributed by atoms with Crippen molar-refractivity contribution < 1.29 is 14.7 Å². The molecule has 0 spiro atoms. The summed E-state index contributed by atoms with van der Waals surface area (Å²) in [4.78, 5) is 21.4. The summed E-state index contributed by atoms with van der Waals surface area (Å²) in [5, 5.41) is 9.58. The number of carbonyl (C=O) groups excluding carboxylic acids is 1. The zero-order valence-electron chi connectivity index (χ0n) is 15.8. The molecule has 0 aliphatic rings. The Hall–Kier alpha value is -1.92. The lowest BCUT2D eigenvalue weighted by atomic mass is 9.98. The van der Waals surface area contributed by atoms with E-state index < -0.39 is 5.41 Å². The van der Waals surface area contributed by atoms with E-state index in [0.717, 1.165) is 29.6 Å². The second-order valence-corrected chi connectivity index (χ2v) is 7.80. The van der Waals surface area contributed by atoms with Gasteiger partial charge in [-0.25, -0.2) is 9.78 Å². The van der Waals surface area contributed by atoms with Gasteiger partial charge in [-0.05, 0) is 50.8 Å². The SMILES string of the molecule is CC(C)CCn1c(CO)nc2cc(CNOC(=O)C(C)(C)C)ccc21. The molecule has 0 unspecified atom stereocenters. The summed E-state index contributed by atoms with van der Waals surface area (Å²) in [5.41, 5.74) is 5.00. The van der Waals surface area contributed by atoms with Gasteiger partial charge in [0.05, 0.1) is 23.0 Å². The number of carbonyl (C=O) groups is 1. The van der Waals surface area contributed by atoms with Crippen LogP contribution in [-0.2, 0) is 29.3 Å². The van der Waals surface area contributed by atoms with Crippen molar-refractivity contribution in [1.82, 2.24) is 15.0 Å². The maximum absolute atomic E-state index is 11.8. The van der Waals surface area contributed by atoms with E-state index in [1.54, 1.807) is 0 Å². The standard InChI is InChI=1S/C19H29N3O3/c1-13(2)8-9-22-16-7-6-14(10-15(16)21-17(22)12-23)11-20-25-18(24)19(3,4)5/h6-7,10,13,20,23H,8-9,11-12H2,1-5H3. The molecule has 0 aliphatic carbocycles. The molecule has 0 bridgehead atoms. The molecule has 25 heavy (non-hydrogen) atoms. The average Bonchev–Trinajstić information content (AvgIpc) is 2.88. The zero-order valence-corrected chi connectivity index (χ0v) is 15.8. The number of hydrogen-bond acceptors (Lipinski definition) is 5. The number of hydroxylamine groups is 1. The lowest BCUT2D eigenvalue weighted by molar-refractivity contribution is -0.161. The Bertz CT molecular complexity index is 729. The monoisotopic (exact) mass is 347 g/mol. The van der Waals surface area contributed by atoms with E-state index in [1.165, 1.54) is 0 Å². The molecule has 6 nitrogen and oxygen atoms in total. The van der Waals surface area contributed by atoms with Crippen LogP contribution in [0, 0.1) is 11.3 Å². The first-order chi connectivity index (χ1) is 11.7. The molecule has 0 saturated carbocycles. The van der Waals surface area contributed by atoms with Gasteiger partial charge < -0.3 is 14.5 Å². The van der Waals surface area contributed by atoms with Crippen molar-refractivity contribution in [1.29, 1.82) is 0 Å². The minimum absolute atomic E-state index is 0.0798. The highest BCUT2D eigenvalue weighted by atomic mass is 16.7. The van der Waals surface area contributed by atoms with Crippen LogP contribution >= 0.6 is 0 Å². The Labute approximate surface area is 149 Å². The maximum Gasteiger partial charge on any atom is 0.329 e. The van der Waals surface area contributed by atoms with Crippen LogP contribution in [0.2, 0.25) is 0 Å². The first-order valence-corrected chi connectivity index (χ1v) is 8.75. The van der Waals surface area contributed by atoms with E-state index in [0.29, 0.717) is 18.3 Å². The van der Waals surface area contributed by atoms with Gasteiger partial charge in [0.25, 0.3) is 0 Å². The van der Waals surface area contributed by atoms with Crippen LogP contribution in [0.3, 0.4) is 0 Å². The smallest absolute Gasteiger partial charge is 0.329 e. The van der Waals surface area contributed by atoms with Crippen LogP contribution in [-0.4, -0.2) is 20.6 Å². The molecule has 1 aromatic heterocycles. The van der Waals surface area contributed by atoms with Gasteiger partial charge in [-0.2, -0.15) is 0 Å². The molecule has 2 N–H and O–H groups in total. The van der Waals surface area contributed by atoms with Crippen molar-refractivity contribution in [3.05, 3.63) is 29.6 Å². The van der Waals surface area contributed by atoms with Gasteiger partial charge in [-0.1, -0.05) is 19.9 Å². The number of fused-ring (bicyclic) bond motifs is 1. The van der Waals surface area contributed by atoms with E-state index in [2.05, 4.69) is 28.9 Å². The molecule has 0 saturated heterocycles. The number of hydrogen-bond donors (Lipinski definition) is 2. The summed E-state index contributed by atoms with van der Waals surface area (Å²) in [6.07, 6.45) is 1.03. The molecule has 0 radical (unpaired) electrons. The number of aliphatic hydroxyl groups is 1. The number of imidazole rings is 1. The number of rotatable bonds is 7. The summed E-state index contributed by atoms with van der Waals surface area (Å²) in [7, 11) is 0. The normalized spacial score (nSPS) is 12.1. The van der Waals surface area contributed by atoms with Gasteiger partial charge in [0, 0.05) is 6.54 Å². The van der Waals surface area contributed by atoms with Gasteiger partial charge in [0.2, 0.25) is 0 Å². The number of aromatic nitrogens is 2. The number of nitrogens with one attached hydrogen (secondary N) is 1. The Balaban J connectivity index is 2.10. The van der Waals surface area contributed by atoms with Crippen LogP contribution in [0.4, 0.5) is 0 Å². The molecule has 2 rings (SSSR count). The quantitative estimate of drug-likeness (QED) is 0.752. The van der Waals surface area contributed by atoms with Gasteiger partial charge in [-0.15, -0.1) is 5.48 Å². The van der Waals surface area contributed by atoms with Crippen molar-refractivity contribution in [2.24, 2.45) is 11.3 Å². The summed E-state index contributed by atoms with van der Waals surface area (Å²) in [5.74, 6) is 0.971. The second-order valence-electron chi connectivity index (χ2n) is 7.80. The molecule has 6 heteroatoms. The predicted octanol–water partition coefficient (Wildman–Crippen LogP) is 3.17. The van der Waals surface area contributed by atoms with Crippen LogP contribution in [0.1, 0.15) is 52.4 Å². The minimum atomic E-state index is -0.540. The third-order valence-corrected chi connectivity index (χ3v) is 4.02. The molecule has 2 aromatic rings. The molecule has 138 valence electrons. The number of aliphatic hydroxyl groups excluding tert-OH is 1. The Kier molecular flexibility index (Phi) is 6.19. The van der Waals surface area contributed by atoms with Gasteiger partial charge in [0.15, 0.2) is 0 Å². The van der Waals surface area contributed by atoms with E-state index in [4.69, 9.17) is 4.84 Å². The van der Waals surface area contributed by atoms with Crippen molar-refractivity contribution in [3.8, 4) is 0 Å². The number of benzene rings is 1. The van der Waals surface area contributed by atoms with Gasteiger partial charge >= 0.3 is 5.97 Å². The van der Waals surface area contributed by atoms with E-state index in [-0.39, 0.29) is 12.6 Å². The number of nitrogens with zero attached hydrogens (tertiary/aromatic N) is 2. The third-order valence-electron chi connectivity index (χ3n) is 4.02. The molecule has 0 amide bonds. The molecular weight excluding hydrogens is 318 g/mol. The fourth-order valence-corrected chi connectivity index (χ4v) is 2.43. The largest absolute Gasteiger partial charge is 0.388 e. The van der Waals surface area contributed by atoms with Crippen LogP contribution in [0.15, 0.2) is 18.2 Å². The zero-order chi connectivity index (χ0) is 18.6. The molecule has 0 aliphatic heterocycles. The highest BCUT2D eigenvalue weighted by molar-refractivity contribution is 5.77. The highest BCUT2D eigenvalue weighted by Gasteiger charge is 2.23. The first kappa shape index (κ1) is 19.4. The molecule has 1 heterocycles. The summed E-state index contributed by atoms with van der Waals surface area (Å²) in [6.45, 7) is 11.0. The second kappa shape index (κ2) is 7.97. The van der Waals surface area contributed by atoms with Crippen molar-refractivity contribution in [3.63, 3.8) is 0 Å². The highest BCUT2D eigenvalue weighted by Crippen LogP contribution is 2.20. The number of aryl methyl sites for hydroxylation is 1. The van der Waals surface area contributed by atoms with E-state index >= 15 is 0 Å². The van der Waals surface area contributed by atoms with Gasteiger partial charge in [-0.3, -0.25) is 0 Å². The Morgan fingerprint density at radius 2 is 2.08 bits per heavy atom. The van der Waals surface area contributed by atoms with Crippen molar-refractivity contribution >= 4 is 17.0 Å². The lowest BCUT2D eigenvalue weighted by Gasteiger charge is -2.16. The summed E-state index contributed by atoms with van der Waals surface area (Å²) in [6, 6.07) is 5.94. The Morgan fingerprint density at radius 1 is 1.36 bits per heavy atom. The molecule has 0 atom stereocenters. The van der Waals surface area contributed by atoms with Crippen molar-refractivity contribution in [2.45, 2.75) is 60.7 Å². The van der Waals surface area contributed by atoms with Crippen LogP contribution in [0.25, 0.3) is 11.0 Å². The van der Waals surface area contributed by atoms with Crippen LogP contribution < -0.4 is 5.48 Å². The summed E-state index contributed by atoms with van der Waals surface area (Å²) < 4.78 is 2.08. The average molecular weight is 347 g/mol. The minimum Gasteiger partial charge on any atom is -0.388 e. The van der Waals surface area contributed by atoms with E-state index in [1.807, 2.05) is 39.0 Å². The third kappa shape index (κ3) is 5.03. The predicted molar refractivity (Wildman–Crippen MR) is 97.5 cm³/mol. The molecule has 0 fully saturated rings. The van der Waals surface area contributed by atoms with Crippen molar-refractivity contribution in [2.75, 3.05) is 0 Å². The van der Waals surface area contributed by atoms with Gasteiger partial charge in [0.1, 0.15) is 12.4 Å². The topological polar surface area (TPSA) is 76.4 Å². The summed E-state index contributed by atoms with van der Waals surface area (Å²) >= 11 is 0.